The van der Waals surface area contributed by atoms with Crippen LogP contribution in [0.1, 0.15) is 31.7 Å². The fourth-order valence-electron chi connectivity index (χ4n) is 4.21. The Morgan fingerprint density at radius 1 is 1.12 bits per heavy atom. The van der Waals surface area contributed by atoms with Crippen molar-refractivity contribution < 1.29 is 12.8 Å². The summed E-state index contributed by atoms with van der Waals surface area (Å²) in [5, 5.41) is 5.29. The van der Waals surface area contributed by atoms with Crippen LogP contribution in [0.5, 0.6) is 0 Å². The monoisotopic (exact) mass is 530 g/mol. The van der Waals surface area contributed by atoms with E-state index < -0.39 is 15.8 Å². The van der Waals surface area contributed by atoms with Crippen LogP contribution < -0.4 is 10.5 Å². The molecule has 0 saturated heterocycles. The molecule has 2 aromatic carbocycles. The van der Waals surface area contributed by atoms with E-state index in [-0.39, 0.29) is 22.4 Å². The lowest BCUT2D eigenvalue weighted by Gasteiger charge is -2.11. The molecule has 3 N–H and O–H groups in total. The summed E-state index contributed by atoms with van der Waals surface area (Å²) >= 11 is 3.22. The topological polar surface area (TPSA) is 116 Å². The van der Waals surface area contributed by atoms with Gasteiger partial charge < -0.3 is 5.73 Å². The lowest BCUT2D eigenvalue weighted by atomic mass is 10.1. The van der Waals surface area contributed by atoms with Crippen molar-refractivity contribution in [2.45, 2.75) is 36.6 Å². The normalized spacial score (nSPS) is 14.7. The van der Waals surface area contributed by atoms with Crippen LogP contribution in [0.2, 0.25) is 0 Å². The molecule has 0 spiro atoms. The Bertz CT molecular complexity index is 1470. The molecule has 0 bridgehead atoms. The second-order valence-electron chi connectivity index (χ2n) is 7.92. The Kier molecular flexibility index (Phi) is 5.53. The predicted octanol–water partition coefficient (Wildman–Crippen LogP) is 4.89. The van der Waals surface area contributed by atoms with Crippen molar-refractivity contribution >= 4 is 48.5 Å². The van der Waals surface area contributed by atoms with Crippen LogP contribution >= 0.6 is 15.9 Å². The van der Waals surface area contributed by atoms with Crippen molar-refractivity contribution in [3.05, 3.63) is 59.1 Å². The highest BCUT2D eigenvalue weighted by Crippen LogP contribution is 2.37. The van der Waals surface area contributed by atoms with Gasteiger partial charge in [0.05, 0.1) is 17.1 Å². The molecule has 0 atom stereocenters. The Labute approximate surface area is 198 Å². The van der Waals surface area contributed by atoms with E-state index in [4.69, 9.17) is 10.8 Å². The number of hydrogen-bond donors (Lipinski definition) is 2. The van der Waals surface area contributed by atoms with Gasteiger partial charge in [-0.15, -0.1) is 0 Å². The van der Waals surface area contributed by atoms with Crippen molar-refractivity contribution in [3.8, 4) is 11.3 Å². The smallest absolute Gasteiger partial charge is 0.263 e. The number of nitrogens with zero attached hydrogens (tertiary/aromatic N) is 4. The number of benzene rings is 2. The number of anilines is 2. The van der Waals surface area contributed by atoms with Gasteiger partial charge in [-0.3, -0.25) is 4.72 Å². The first kappa shape index (κ1) is 21.8. The molecule has 1 aliphatic carbocycles. The molecule has 8 nitrogen and oxygen atoms in total. The highest BCUT2D eigenvalue weighted by Gasteiger charge is 2.25. The first-order valence-electron chi connectivity index (χ1n) is 10.4. The van der Waals surface area contributed by atoms with Crippen LogP contribution in [-0.4, -0.2) is 28.2 Å². The minimum atomic E-state index is -3.99. The van der Waals surface area contributed by atoms with Crippen LogP contribution in [0.15, 0.2) is 58.2 Å². The van der Waals surface area contributed by atoms with Gasteiger partial charge in [-0.25, -0.2) is 27.5 Å². The SMILES string of the molecule is Nc1ncnc2c1c(-c1ccc(NS(=O)(=O)c3ccccc3Br)c(F)c1)nn2C1CCCC1. The molecule has 170 valence electrons. The molecule has 5 rings (SSSR count). The van der Waals surface area contributed by atoms with Gasteiger partial charge >= 0.3 is 0 Å². The zero-order valence-corrected chi connectivity index (χ0v) is 19.8. The number of nitrogens with two attached hydrogens (primary N) is 1. The molecular weight excluding hydrogens is 511 g/mol. The molecule has 0 amide bonds. The number of sulfonamides is 1. The number of rotatable bonds is 5. The third kappa shape index (κ3) is 3.95. The summed E-state index contributed by atoms with van der Waals surface area (Å²) < 4.78 is 45.1. The Morgan fingerprint density at radius 2 is 1.88 bits per heavy atom. The summed E-state index contributed by atoms with van der Waals surface area (Å²) in [7, 11) is -3.99. The maximum Gasteiger partial charge on any atom is 0.263 e. The van der Waals surface area contributed by atoms with Gasteiger partial charge in [-0.1, -0.05) is 31.0 Å². The molecule has 1 fully saturated rings. The quantitative estimate of drug-likeness (QED) is 0.379. The van der Waals surface area contributed by atoms with Crippen LogP contribution in [0.25, 0.3) is 22.3 Å². The van der Waals surface area contributed by atoms with Crippen LogP contribution in [0.4, 0.5) is 15.9 Å². The van der Waals surface area contributed by atoms with E-state index in [1.54, 1.807) is 24.3 Å². The van der Waals surface area contributed by atoms with E-state index in [0.29, 0.717) is 26.8 Å². The average molecular weight is 531 g/mol. The first-order chi connectivity index (χ1) is 15.8. The van der Waals surface area contributed by atoms with Gasteiger partial charge in [-0.2, -0.15) is 5.10 Å². The summed E-state index contributed by atoms with van der Waals surface area (Å²) in [6.07, 6.45) is 5.61. The number of hydrogen-bond acceptors (Lipinski definition) is 6. The standard InChI is InChI=1S/C22H20BrFN6O2S/c23-15-7-3-4-8-18(15)33(31,32)29-17-10-9-13(11-16(17)24)20-19-21(25)26-12-27-22(19)30(28-20)14-5-1-2-6-14/h3-4,7-12,14,29H,1-2,5-6H2,(H2,25,26,27). The van der Waals surface area contributed by atoms with Crippen molar-refractivity contribution in [3.63, 3.8) is 0 Å². The summed E-state index contributed by atoms with van der Waals surface area (Å²) in [5.74, 6) is -0.472. The molecule has 0 radical (unpaired) electrons. The number of nitrogens with one attached hydrogen (secondary N) is 1. The Balaban J connectivity index is 1.55. The minimum absolute atomic E-state index is 0.0136. The molecule has 2 aromatic heterocycles. The Hall–Kier alpha value is -3.05. The molecule has 1 saturated carbocycles. The summed E-state index contributed by atoms with van der Waals surface area (Å²) in [4.78, 5) is 8.48. The second-order valence-corrected chi connectivity index (χ2v) is 10.4. The van der Waals surface area contributed by atoms with Crippen molar-refractivity contribution in [1.29, 1.82) is 0 Å². The molecule has 1 aliphatic rings. The van der Waals surface area contributed by atoms with E-state index in [2.05, 4.69) is 30.6 Å². The van der Waals surface area contributed by atoms with Crippen LogP contribution in [-0.2, 0) is 10.0 Å². The van der Waals surface area contributed by atoms with E-state index >= 15 is 4.39 Å². The van der Waals surface area contributed by atoms with Crippen LogP contribution in [0, 0.1) is 5.82 Å². The maximum absolute atomic E-state index is 15.1. The van der Waals surface area contributed by atoms with Gasteiger partial charge in [0.2, 0.25) is 0 Å². The maximum atomic E-state index is 15.1. The van der Waals surface area contributed by atoms with Crippen molar-refractivity contribution in [1.82, 2.24) is 19.7 Å². The van der Waals surface area contributed by atoms with E-state index in [0.717, 1.165) is 25.7 Å². The zero-order valence-electron chi connectivity index (χ0n) is 17.4. The van der Waals surface area contributed by atoms with Crippen molar-refractivity contribution in [2.24, 2.45) is 0 Å². The lowest BCUT2D eigenvalue weighted by molar-refractivity contribution is 0.479. The van der Waals surface area contributed by atoms with Gasteiger partial charge in [0.25, 0.3) is 10.0 Å². The predicted molar refractivity (Wildman–Crippen MR) is 128 cm³/mol. The number of fused-ring (bicyclic) bond motifs is 1. The van der Waals surface area contributed by atoms with Gasteiger partial charge in [0, 0.05) is 10.0 Å². The minimum Gasteiger partial charge on any atom is -0.383 e. The third-order valence-electron chi connectivity index (χ3n) is 5.80. The molecule has 4 aromatic rings. The van der Waals surface area contributed by atoms with Crippen LogP contribution in [0.3, 0.4) is 0 Å². The zero-order chi connectivity index (χ0) is 23.2. The first-order valence-corrected chi connectivity index (χ1v) is 12.7. The fourth-order valence-corrected chi connectivity index (χ4v) is 6.28. The third-order valence-corrected chi connectivity index (χ3v) is 8.18. The average Bonchev–Trinajstić information content (AvgIpc) is 3.44. The van der Waals surface area contributed by atoms with E-state index in [9.17, 15) is 8.42 Å². The van der Waals surface area contributed by atoms with E-state index in [1.807, 2.05) is 4.68 Å². The molecular formula is C22H20BrFN6O2S. The molecule has 33 heavy (non-hydrogen) atoms. The number of halogens is 2. The summed E-state index contributed by atoms with van der Waals surface area (Å²) in [6, 6.07) is 10.8. The Morgan fingerprint density at radius 3 is 2.61 bits per heavy atom. The summed E-state index contributed by atoms with van der Waals surface area (Å²) in [5.41, 5.74) is 7.51. The summed E-state index contributed by atoms with van der Waals surface area (Å²) in [6.45, 7) is 0. The largest absolute Gasteiger partial charge is 0.383 e. The second kappa shape index (κ2) is 8.38. The highest BCUT2D eigenvalue weighted by atomic mass is 79.9. The highest BCUT2D eigenvalue weighted by molar-refractivity contribution is 9.10. The van der Waals surface area contributed by atoms with Crippen molar-refractivity contribution in [2.75, 3.05) is 10.5 Å². The molecule has 0 aliphatic heterocycles. The molecule has 11 heteroatoms. The van der Waals surface area contributed by atoms with Gasteiger partial charge in [-0.05, 0) is 53.0 Å². The van der Waals surface area contributed by atoms with Gasteiger partial charge in [0.1, 0.15) is 28.6 Å². The number of aromatic nitrogens is 4. The molecule has 0 unspecified atom stereocenters. The van der Waals surface area contributed by atoms with Gasteiger partial charge in [0.15, 0.2) is 5.65 Å². The fraction of sp³-hybridized carbons (Fsp3) is 0.227. The lowest BCUT2D eigenvalue weighted by Crippen LogP contribution is -2.14. The molecule has 2 heterocycles. The van der Waals surface area contributed by atoms with E-state index in [1.165, 1.54) is 24.5 Å². The number of nitrogen functional groups attached to an aromatic ring is 1.